The fourth-order valence-corrected chi connectivity index (χ4v) is 4.13. The van der Waals surface area contributed by atoms with Gasteiger partial charge in [-0.25, -0.2) is 0 Å². The highest BCUT2D eigenvalue weighted by molar-refractivity contribution is 6.46. The van der Waals surface area contributed by atoms with Gasteiger partial charge in [-0.3, -0.25) is 9.59 Å². The Balaban J connectivity index is 2.08. The maximum Gasteiger partial charge on any atom is 0.295 e. The summed E-state index contributed by atoms with van der Waals surface area (Å²) in [5.41, 5.74) is 2.14. The smallest absolute Gasteiger partial charge is 0.295 e. The second kappa shape index (κ2) is 10.9. The molecule has 1 aliphatic heterocycles. The second-order valence-corrected chi connectivity index (χ2v) is 8.61. The lowest BCUT2D eigenvalue weighted by Gasteiger charge is -2.26. The summed E-state index contributed by atoms with van der Waals surface area (Å²) < 4.78 is 11.1. The fourth-order valence-electron chi connectivity index (χ4n) is 3.95. The zero-order valence-corrected chi connectivity index (χ0v) is 20.2. The Labute approximate surface area is 199 Å². The van der Waals surface area contributed by atoms with Crippen LogP contribution >= 0.6 is 11.6 Å². The van der Waals surface area contributed by atoms with Crippen molar-refractivity contribution in [2.75, 3.05) is 19.8 Å². The summed E-state index contributed by atoms with van der Waals surface area (Å²) in [5.74, 6) is -1.19. The van der Waals surface area contributed by atoms with Crippen LogP contribution in [0.1, 0.15) is 49.9 Å². The largest absolute Gasteiger partial charge is 0.507 e. The maximum absolute atomic E-state index is 13.1. The molecule has 3 rings (SSSR count). The summed E-state index contributed by atoms with van der Waals surface area (Å²) in [6.45, 7) is 8.84. The molecule has 176 valence electrons. The van der Waals surface area contributed by atoms with E-state index in [9.17, 15) is 14.7 Å². The molecule has 7 heteroatoms. The van der Waals surface area contributed by atoms with Gasteiger partial charge in [0, 0.05) is 18.7 Å². The summed E-state index contributed by atoms with van der Waals surface area (Å²) in [7, 11) is 0. The van der Waals surface area contributed by atoms with Crippen molar-refractivity contribution in [3.05, 3.63) is 69.8 Å². The first-order valence-corrected chi connectivity index (χ1v) is 11.5. The maximum atomic E-state index is 13.1. The van der Waals surface area contributed by atoms with Crippen molar-refractivity contribution in [3.63, 3.8) is 0 Å². The van der Waals surface area contributed by atoms with Crippen LogP contribution in [0.5, 0.6) is 5.75 Å². The molecule has 1 heterocycles. The molecular weight excluding hydrogens is 442 g/mol. The molecule has 0 bridgehead atoms. The molecule has 0 aliphatic carbocycles. The molecule has 0 spiro atoms. The minimum absolute atomic E-state index is 0.0591. The second-order valence-electron chi connectivity index (χ2n) is 8.20. The molecule has 1 amide bonds. The Kier molecular flexibility index (Phi) is 8.16. The number of rotatable bonds is 9. The van der Waals surface area contributed by atoms with E-state index >= 15 is 0 Å². The van der Waals surface area contributed by atoms with Crippen LogP contribution in [0.2, 0.25) is 5.02 Å². The first kappa shape index (κ1) is 24.8. The van der Waals surface area contributed by atoms with Gasteiger partial charge in [0.2, 0.25) is 0 Å². The average molecular weight is 472 g/mol. The van der Waals surface area contributed by atoms with Gasteiger partial charge >= 0.3 is 0 Å². The van der Waals surface area contributed by atoms with Gasteiger partial charge in [-0.15, -0.1) is 0 Å². The molecule has 33 heavy (non-hydrogen) atoms. The Hall–Kier alpha value is -2.83. The summed E-state index contributed by atoms with van der Waals surface area (Å²) in [6.07, 6.45) is 0.653. The molecule has 1 fully saturated rings. The van der Waals surface area contributed by atoms with Crippen molar-refractivity contribution >= 4 is 29.1 Å². The van der Waals surface area contributed by atoms with Crippen LogP contribution in [0.4, 0.5) is 0 Å². The molecule has 1 unspecified atom stereocenters. The van der Waals surface area contributed by atoms with Crippen LogP contribution in [0.3, 0.4) is 0 Å². The number of amides is 1. The van der Waals surface area contributed by atoms with Crippen molar-refractivity contribution in [3.8, 4) is 5.75 Å². The number of ketones is 1. The summed E-state index contributed by atoms with van der Waals surface area (Å²) in [5, 5.41) is 11.6. The van der Waals surface area contributed by atoms with E-state index in [1.165, 1.54) is 4.90 Å². The SMILES string of the molecule is CCOc1cc(/C(O)=C2\C(=O)C(=O)N(CCCOC(C)C)C2c2ccccc2C)ccc1Cl. The van der Waals surface area contributed by atoms with E-state index in [1.54, 1.807) is 18.2 Å². The average Bonchev–Trinajstić information content (AvgIpc) is 3.02. The third-order valence-electron chi connectivity index (χ3n) is 5.52. The summed E-state index contributed by atoms with van der Waals surface area (Å²) in [6, 6.07) is 11.7. The molecule has 0 saturated carbocycles. The van der Waals surface area contributed by atoms with Gasteiger partial charge in [0.25, 0.3) is 11.7 Å². The number of Topliss-reactive ketones (excluding diaryl/α,β-unsaturated/α-hetero) is 1. The molecule has 1 saturated heterocycles. The predicted octanol–water partition coefficient (Wildman–Crippen LogP) is 5.28. The zero-order chi connectivity index (χ0) is 24.1. The number of hydrogen-bond acceptors (Lipinski definition) is 5. The predicted molar refractivity (Wildman–Crippen MR) is 129 cm³/mol. The van der Waals surface area contributed by atoms with Crippen molar-refractivity contribution in [1.82, 2.24) is 4.90 Å². The van der Waals surface area contributed by atoms with Crippen LogP contribution in [-0.4, -0.2) is 47.6 Å². The number of likely N-dealkylation sites (tertiary alicyclic amines) is 1. The van der Waals surface area contributed by atoms with Crippen LogP contribution < -0.4 is 4.74 Å². The van der Waals surface area contributed by atoms with Crippen molar-refractivity contribution in [1.29, 1.82) is 0 Å². The van der Waals surface area contributed by atoms with E-state index in [-0.39, 0.29) is 17.4 Å². The number of aliphatic hydroxyl groups excluding tert-OH is 1. The lowest BCUT2D eigenvalue weighted by molar-refractivity contribution is -0.140. The van der Waals surface area contributed by atoms with E-state index in [0.29, 0.717) is 42.5 Å². The first-order valence-electron chi connectivity index (χ1n) is 11.1. The monoisotopic (exact) mass is 471 g/mol. The van der Waals surface area contributed by atoms with Crippen molar-refractivity contribution < 1.29 is 24.2 Å². The minimum Gasteiger partial charge on any atom is -0.507 e. The number of nitrogens with zero attached hydrogens (tertiary/aromatic N) is 1. The molecule has 0 radical (unpaired) electrons. The van der Waals surface area contributed by atoms with Crippen molar-refractivity contribution in [2.24, 2.45) is 0 Å². The van der Waals surface area contributed by atoms with Gasteiger partial charge in [-0.1, -0.05) is 35.9 Å². The number of carbonyl (C=O) groups is 2. The number of hydrogen-bond donors (Lipinski definition) is 1. The lowest BCUT2D eigenvalue weighted by atomic mass is 9.92. The Bertz CT molecular complexity index is 1060. The van der Waals surface area contributed by atoms with E-state index in [2.05, 4.69) is 0 Å². The van der Waals surface area contributed by atoms with Gasteiger partial charge in [0.05, 0.1) is 29.3 Å². The summed E-state index contributed by atoms with van der Waals surface area (Å²) >= 11 is 6.19. The normalized spacial score (nSPS) is 17.8. The third-order valence-corrected chi connectivity index (χ3v) is 5.83. The number of halogens is 1. The van der Waals surface area contributed by atoms with Crippen LogP contribution in [-0.2, 0) is 14.3 Å². The van der Waals surface area contributed by atoms with E-state index < -0.39 is 17.7 Å². The Morgan fingerprint density at radius 1 is 1.18 bits per heavy atom. The summed E-state index contributed by atoms with van der Waals surface area (Å²) in [4.78, 5) is 27.7. The number of ether oxygens (including phenoxy) is 2. The third kappa shape index (κ3) is 5.40. The van der Waals surface area contributed by atoms with E-state index in [1.807, 2.05) is 52.0 Å². The molecule has 1 N–H and O–H groups in total. The molecule has 6 nitrogen and oxygen atoms in total. The molecule has 1 aliphatic rings. The van der Waals surface area contributed by atoms with E-state index in [0.717, 1.165) is 11.1 Å². The minimum atomic E-state index is -0.710. The fraction of sp³-hybridized carbons (Fsp3) is 0.385. The van der Waals surface area contributed by atoms with E-state index in [4.69, 9.17) is 21.1 Å². The zero-order valence-electron chi connectivity index (χ0n) is 19.4. The first-order chi connectivity index (χ1) is 15.8. The molecule has 2 aromatic rings. The topological polar surface area (TPSA) is 76.1 Å². The molecule has 2 aromatic carbocycles. The Morgan fingerprint density at radius 3 is 2.58 bits per heavy atom. The van der Waals surface area contributed by atoms with Crippen LogP contribution in [0, 0.1) is 6.92 Å². The highest BCUT2D eigenvalue weighted by Crippen LogP contribution is 2.41. The molecule has 1 atom stereocenters. The highest BCUT2D eigenvalue weighted by atomic mass is 35.5. The quantitative estimate of drug-likeness (QED) is 0.233. The van der Waals surface area contributed by atoms with Gasteiger partial charge in [-0.2, -0.15) is 0 Å². The molecular formula is C26H30ClNO5. The number of aryl methyl sites for hydroxylation is 1. The van der Waals surface area contributed by atoms with Gasteiger partial charge < -0.3 is 19.5 Å². The number of carbonyl (C=O) groups excluding carboxylic acids is 2. The van der Waals surface area contributed by atoms with Crippen LogP contribution in [0.15, 0.2) is 48.0 Å². The number of aliphatic hydroxyl groups is 1. The van der Waals surface area contributed by atoms with Gasteiger partial charge in [-0.05, 0) is 63.4 Å². The van der Waals surface area contributed by atoms with Crippen LogP contribution in [0.25, 0.3) is 5.76 Å². The van der Waals surface area contributed by atoms with Gasteiger partial charge in [0.1, 0.15) is 11.5 Å². The Morgan fingerprint density at radius 2 is 1.91 bits per heavy atom. The molecule has 0 aromatic heterocycles. The highest BCUT2D eigenvalue weighted by Gasteiger charge is 2.46. The van der Waals surface area contributed by atoms with Crippen molar-refractivity contribution in [2.45, 2.75) is 46.3 Å². The number of benzene rings is 2. The standard InChI is InChI=1S/C26H30ClNO5/c1-5-32-21-15-18(11-12-20(21)27)24(29)22-23(19-10-7-6-9-17(19)4)28(26(31)25(22)30)13-8-14-33-16(2)3/h6-7,9-12,15-16,23,29H,5,8,13-14H2,1-4H3/b24-22+. The van der Waals surface area contributed by atoms with Gasteiger partial charge in [0.15, 0.2) is 0 Å². The lowest BCUT2D eigenvalue weighted by Crippen LogP contribution is -2.31.